The van der Waals surface area contributed by atoms with Crippen molar-refractivity contribution in [3.8, 4) is 5.75 Å². The van der Waals surface area contributed by atoms with E-state index in [0.717, 1.165) is 0 Å². The SMILES string of the molecule is O=C(Nc1cc(Br)ccc1C(=O)O)c1ccc(I)c(O)c1. The molecule has 0 aliphatic carbocycles. The predicted molar refractivity (Wildman–Crippen MR) is 89.9 cm³/mol. The van der Waals surface area contributed by atoms with E-state index < -0.39 is 11.9 Å². The lowest BCUT2D eigenvalue weighted by molar-refractivity contribution is 0.0698. The number of nitrogens with one attached hydrogen (secondary N) is 1. The summed E-state index contributed by atoms with van der Waals surface area (Å²) in [6.07, 6.45) is 0. The summed E-state index contributed by atoms with van der Waals surface area (Å²) in [5, 5.41) is 21.3. The highest BCUT2D eigenvalue weighted by atomic mass is 127. The van der Waals surface area contributed by atoms with Gasteiger partial charge < -0.3 is 15.5 Å². The molecular formula is C14H9BrINO4. The number of carbonyl (C=O) groups excluding carboxylic acids is 1. The van der Waals surface area contributed by atoms with Gasteiger partial charge in [0.05, 0.1) is 14.8 Å². The molecule has 0 unspecified atom stereocenters. The van der Waals surface area contributed by atoms with Crippen LogP contribution in [0.2, 0.25) is 0 Å². The molecular weight excluding hydrogens is 453 g/mol. The van der Waals surface area contributed by atoms with Crippen LogP contribution in [0.4, 0.5) is 5.69 Å². The Bertz CT molecular complexity index is 733. The van der Waals surface area contributed by atoms with Crippen molar-refractivity contribution in [1.82, 2.24) is 0 Å². The predicted octanol–water partition coefficient (Wildman–Crippen LogP) is 3.71. The first-order valence-electron chi connectivity index (χ1n) is 5.71. The summed E-state index contributed by atoms with van der Waals surface area (Å²) < 4.78 is 1.27. The Labute approximate surface area is 142 Å². The second-order valence-electron chi connectivity index (χ2n) is 4.12. The molecule has 2 rings (SSSR count). The van der Waals surface area contributed by atoms with Crippen LogP contribution in [0, 0.1) is 3.57 Å². The fourth-order valence-corrected chi connectivity index (χ4v) is 2.35. The molecule has 2 aromatic rings. The molecule has 0 aliphatic rings. The van der Waals surface area contributed by atoms with Gasteiger partial charge in [0.25, 0.3) is 5.91 Å². The Morgan fingerprint density at radius 3 is 2.48 bits per heavy atom. The van der Waals surface area contributed by atoms with E-state index in [1.54, 1.807) is 18.2 Å². The van der Waals surface area contributed by atoms with Crippen molar-refractivity contribution in [3.05, 3.63) is 55.6 Å². The topological polar surface area (TPSA) is 86.6 Å². The molecule has 1 amide bonds. The maximum atomic E-state index is 12.1. The van der Waals surface area contributed by atoms with E-state index in [4.69, 9.17) is 5.11 Å². The second-order valence-corrected chi connectivity index (χ2v) is 6.19. The lowest BCUT2D eigenvalue weighted by Gasteiger charge is -2.09. The first-order chi connectivity index (χ1) is 9.88. The molecule has 0 bridgehead atoms. The Kier molecular flexibility index (Phi) is 4.84. The van der Waals surface area contributed by atoms with Crippen LogP contribution in [0.15, 0.2) is 40.9 Å². The van der Waals surface area contributed by atoms with E-state index in [9.17, 15) is 14.7 Å². The van der Waals surface area contributed by atoms with Gasteiger partial charge in [0.1, 0.15) is 5.75 Å². The van der Waals surface area contributed by atoms with Crippen molar-refractivity contribution in [2.75, 3.05) is 5.32 Å². The minimum Gasteiger partial charge on any atom is -0.507 e. The molecule has 0 saturated carbocycles. The third-order valence-electron chi connectivity index (χ3n) is 2.67. The quantitative estimate of drug-likeness (QED) is 0.608. The lowest BCUT2D eigenvalue weighted by atomic mass is 10.1. The van der Waals surface area contributed by atoms with Gasteiger partial charge in [-0.15, -0.1) is 0 Å². The molecule has 5 nitrogen and oxygen atoms in total. The zero-order valence-electron chi connectivity index (χ0n) is 10.4. The number of phenolic OH excluding ortho intramolecular Hbond substituents is 1. The summed E-state index contributed by atoms with van der Waals surface area (Å²) in [5.74, 6) is -1.64. The van der Waals surface area contributed by atoms with Gasteiger partial charge >= 0.3 is 5.97 Å². The summed E-state index contributed by atoms with van der Waals surface area (Å²) >= 11 is 5.17. The summed E-state index contributed by atoms with van der Waals surface area (Å²) in [5.41, 5.74) is 0.408. The number of anilines is 1. The van der Waals surface area contributed by atoms with Crippen LogP contribution in [0.3, 0.4) is 0 Å². The monoisotopic (exact) mass is 461 g/mol. The molecule has 0 fully saturated rings. The molecule has 0 atom stereocenters. The molecule has 0 spiro atoms. The van der Waals surface area contributed by atoms with E-state index in [1.165, 1.54) is 18.2 Å². The smallest absolute Gasteiger partial charge is 0.337 e. The highest BCUT2D eigenvalue weighted by molar-refractivity contribution is 14.1. The number of carbonyl (C=O) groups is 2. The van der Waals surface area contributed by atoms with Crippen LogP contribution in [-0.4, -0.2) is 22.1 Å². The molecule has 0 saturated heterocycles. The van der Waals surface area contributed by atoms with E-state index in [2.05, 4.69) is 21.2 Å². The number of aromatic hydroxyl groups is 1. The zero-order chi connectivity index (χ0) is 15.6. The number of phenols is 1. The molecule has 3 N–H and O–H groups in total. The van der Waals surface area contributed by atoms with Crippen molar-refractivity contribution in [2.24, 2.45) is 0 Å². The zero-order valence-corrected chi connectivity index (χ0v) is 14.2. The van der Waals surface area contributed by atoms with Gasteiger partial charge in [-0.1, -0.05) is 15.9 Å². The highest BCUT2D eigenvalue weighted by Gasteiger charge is 2.14. The van der Waals surface area contributed by atoms with Crippen LogP contribution in [-0.2, 0) is 0 Å². The fourth-order valence-electron chi connectivity index (χ4n) is 1.65. The third kappa shape index (κ3) is 3.73. The van der Waals surface area contributed by atoms with Crippen LogP contribution >= 0.6 is 38.5 Å². The minimum atomic E-state index is -1.14. The van der Waals surface area contributed by atoms with Crippen LogP contribution in [0.25, 0.3) is 0 Å². The Hall–Kier alpha value is -1.61. The third-order valence-corrected chi connectivity index (χ3v) is 4.07. The Balaban J connectivity index is 2.33. The normalized spacial score (nSPS) is 10.2. The summed E-state index contributed by atoms with van der Waals surface area (Å²) in [6.45, 7) is 0. The molecule has 0 aromatic heterocycles. The number of hydrogen-bond acceptors (Lipinski definition) is 3. The number of carboxylic acid groups (broad SMARTS) is 1. The number of amides is 1. The average molecular weight is 462 g/mol. The maximum absolute atomic E-state index is 12.1. The molecule has 7 heteroatoms. The van der Waals surface area contributed by atoms with E-state index in [1.807, 2.05) is 22.6 Å². The van der Waals surface area contributed by atoms with Crippen molar-refractivity contribution >= 4 is 56.1 Å². The Morgan fingerprint density at radius 2 is 1.86 bits per heavy atom. The molecule has 0 heterocycles. The van der Waals surface area contributed by atoms with E-state index >= 15 is 0 Å². The molecule has 108 valence electrons. The highest BCUT2D eigenvalue weighted by Crippen LogP contribution is 2.24. The Morgan fingerprint density at radius 1 is 1.14 bits per heavy atom. The van der Waals surface area contributed by atoms with Crippen molar-refractivity contribution < 1.29 is 19.8 Å². The molecule has 0 aliphatic heterocycles. The van der Waals surface area contributed by atoms with Crippen molar-refractivity contribution in [2.45, 2.75) is 0 Å². The minimum absolute atomic E-state index is 0.00375. The van der Waals surface area contributed by atoms with E-state index in [0.29, 0.717) is 8.04 Å². The molecule has 2 aromatic carbocycles. The first-order valence-corrected chi connectivity index (χ1v) is 7.58. The van der Waals surface area contributed by atoms with Gasteiger partial charge in [-0.3, -0.25) is 4.79 Å². The van der Waals surface area contributed by atoms with Crippen LogP contribution in [0.5, 0.6) is 5.75 Å². The van der Waals surface area contributed by atoms with Crippen LogP contribution in [0.1, 0.15) is 20.7 Å². The molecule has 0 radical (unpaired) electrons. The summed E-state index contributed by atoms with van der Waals surface area (Å²) in [7, 11) is 0. The van der Waals surface area contributed by atoms with Gasteiger partial charge in [-0.05, 0) is 59.0 Å². The van der Waals surface area contributed by atoms with Gasteiger partial charge in [-0.25, -0.2) is 4.79 Å². The van der Waals surface area contributed by atoms with Gasteiger partial charge in [0, 0.05) is 10.0 Å². The largest absolute Gasteiger partial charge is 0.507 e. The van der Waals surface area contributed by atoms with Gasteiger partial charge in [0.15, 0.2) is 0 Å². The number of hydrogen-bond donors (Lipinski definition) is 3. The van der Waals surface area contributed by atoms with E-state index in [-0.39, 0.29) is 22.6 Å². The number of rotatable bonds is 3. The average Bonchev–Trinajstić information content (AvgIpc) is 2.41. The molecule has 21 heavy (non-hydrogen) atoms. The second kappa shape index (κ2) is 6.44. The van der Waals surface area contributed by atoms with Crippen molar-refractivity contribution in [3.63, 3.8) is 0 Å². The summed E-state index contributed by atoms with van der Waals surface area (Å²) in [6, 6.07) is 8.96. The van der Waals surface area contributed by atoms with Crippen LogP contribution < -0.4 is 5.32 Å². The van der Waals surface area contributed by atoms with Gasteiger partial charge in [-0.2, -0.15) is 0 Å². The first kappa shape index (κ1) is 15.8. The summed E-state index contributed by atoms with van der Waals surface area (Å²) in [4.78, 5) is 23.3. The lowest BCUT2D eigenvalue weighted by Crippen LogP contribution is -2.14. The maximum Gasteiger partial charge on any atom is 0.337 e. The number of benzene rings is 2. The fraction of sp³-hybridized carbons (Fsp3) is 0. The van der Waals surface area contributed by atoms with Gasteiger partial charge in [0.2, 0.25) is 0 Å². The number of halogens is 2. The number of aromatic carboxylic acids is 1. The standard InChI is InChI=1S/C14H9BrINO4/c15-8-2-3-9(14(20)21)11(6-8)17-13(19)7-1-4-10(16)12(18)5-7/h1-6,18H,(H,17,19)(H,20,21). The number of carboxylic acids is 1. The van der Waals surface area contributed by atoms with Crippen molar-refractivity contribution in [1.29, 1.82) is 0 Å².